The molecule has 10 heteroatoms. The third kappa shape index (κ3) is 3.10. The molecule has 7 nitrogen and oxygen atoms in total. The molecule has 0 radical (unpaired) electrons. The lowest BCUT2D eigenvalue weighted by atomic mass is 10.4. The molecule has 0 aliphatic heterocycles. The first-order chi connectivity index (χ1) is 9.52. The summed E-state index contributed by atoms with van der Waals surface area (Å²) >= 11 is 12.9. The third-order valence-electron chi connectivity index (χ3n) is 2.21. The van der Waals surface area contributed by atoms with E-state index in [2.05, 4.69) is 15.4 Å². The van der Waals surface area contributed by atoms with Gasteiger partial charge in [0, 0.05) is 9.92 Å². The van der Waals surface area contributed by atoms with E-state index in [1.165, 1.54) is 6.33 Å². The zero-order chi connectivity index (χ0) is 14.7. The molecule has 0 aliphatic carbocycles. The van der Waals surface area contributed by atoms with E-state index in [1.54, 1.807) is 18.2 Å². The van der Waals surface area contributed by atoms with Crippen LogP contribution in [0.1, 0.15) is 0 Å². The van der Waals surface area contributed by atoms with Crippen LogP contribution in [0.25, 0.3) is 0 Å². The molecule has 1 heterocycles. The van der Waals surface area contributed by atoms with Gasteiger partial charge in [-0.25, -0.2) is 15.8 Å². The Bertz CT molecular complexity index is 670. The number of nitrogens with zero attached hydrogens (tertiary/aromatic N) is 3. The van der Waals surface area contributed by atoms with E-state index in [1.807, 2.05) is 0 Å². The number of hydrazine groups is 1. The fraction of sp³-hybridized carbons (Fsp3) is 0. The summed E-state index contributed by atoms with van der Waals surface area (Å²) in [4.78, 5) is 18.6. The molecule has 0 spiro atoms. The Balaban J connectivity index is 2.48. The number of nitro groups is 1. The molecular weight excluding hydrogens is 325 g/mol. The highest BCUT2D eigenvalue weighted by molar-refractivity contribution is 7.99. The molecular formula is C10H7Cl2N5O2S. The smallest absolute Gasteiger partial charge is 0.303 e. The normalized spacial score (nSPS) is 10.3. The van der Waals surface area contributed by atoms with Crippen LogP contribution in [-0.4, -0.2) is 14.9 Å². The monoisotopic (exact) mass is 331 g/mol. The van der Waals surface area contributed by atoms with E-state index in [9.17, 15) is 10.1 Å². The van der Waals surface area contributed by atoms with E-state index < -0.39 is 4.92 Å². The molecule has 1 aromatic carbocycles. The maximum absolute atomic E-state index is 11.1. The number of benzene rings is 1. The second kappa shape index (κ2) is 6.23. The summed E-state index contributed by atoms with van der Waals surface area (Å²) < 4.78 is 0. The minimum absolute atomic E-state index is 0.0781. The molecule has 2 rings (SSSR count). The minimum Gasteiger partial charge on any atom is -0.303 e. The Morgan fingerprint density at radius 3 is 2.75 bits per heavy atom. The van der Waals surface area contributed by atoms with Gasteiger partial charge >= 0.3 is 5.69 Å². The molecule has 1 aromatic heterocycles. The van der Waals surface area contributed by atoms with Crippen molar-refractivity contribution in [3.8, 4) is 0 Å². The molecule has 0 aliphatic rings. The molecule has 20 heavy (non-hydrogen) atoms. The number of aromatic nitrogens is 2. The number of nitrogens with two attached hydrogens (primary N) is 1. The quantitative estimate of drug-likeness (QED) is 0.383. The lowest BCUT2D eigenvalue weighted by Crippen LogP contribution is -2.12. The van der Waals surface area contributed by atoms with E-state index >= 15 is 0 Å². The van der Waals surface area contributed by atoms with Gasteiger partial charge in [0.25, 0.3) is 0 Å². The van der Waals surface area contributed by atoms with Gasteiger partial charge in [-0.2, -0.15) is 0 Å². The molecule has 0 amide bonds. The Kier molecular flexibility index (Phi) is 4.61. The van der Waals surface area contributed by atoms with Crippen molar-refractivity contribution in [3.63, 3.8) is 0 Å². The maximum Gasteiger partial charge on any atom is 0.344 e. The Labute approximate surface area is 127 Å². The van der Waals surface area contributed by atoms with E-state index in [0.29, 0.717) is 14.9 Å². The SMILES string of the molecule is NNc1ncnc(Sc2cc(Cl)ccc2Cl)c1[N+](=O)[O-]. The van der Waals surface area contributed by atoms with E-state index in [0.717, 1.165) is 11.8 Å². The van der Waals surface area contributed by atoms with Crippen LogP contribution in [0.15, 0.2) is 34.4 Å². The lowest BCUT2D eigenvalue weighted by molar-refractivity contribution is -0.387. The minimum atomic E-state index is -0.615. The Morgan fingerprint density at radius 2 is 2.10 bits per heavy atom. The van der Waals surface area contributed by atoms with Gasteiger partial charge in [0.05, 0.1) is 9.95 Å². The average molecular weight is 332 g/mol. The summed E-state index contributed by atoms with van der Waals surface area (Å²) in [5, 5.41) is 12.1. The summed E-state index contributed by atoms with van der Waals surface area (Å²) in [7, 11) is 0. The van der Waals surface area contributed by atoms with Crippen LogP contribution < -0.4 is 11.3 Å². The van der Waals surface area contributed by atoms with Crippen LogP contribution in [0.2, 0.25) is 10.0 Å². The number of hydrogen-bond donors (Lipinski definition) is 2. The van der Waals surface area contributed by atoms with E-state index in [4.69, 9.17) is 29.0 Å². The van der Waals surface area contributed by atoms with Crippen molar-refractivity contribution in [3.05, 3.63) is 44.7 Å². The summed E-state index contributed by atoms with van der Waals surface area (Å²) in [5.74, 6) is 5.13. The zero-order valence-electron chi connectivity index (χ0n) is 9.71. The second-order valence-electron chi connectivity index (χ2n) is 3.45. The molecule has 0 unspecified atom stereocenters. The molecule has 0 atom stereocenters. The molecule has 0 saturated carbocycles. The summed E-state index contributed by atoms with van der Waals surface area (Å²) in [6.45, 7) is 0. The van der Waals surface area contributed by atoms with Crippen LogP contribution in [0, 0.1) is 10.1 Å². The predicted octanol–water partition coefficient (Wildman–Crippen LogP) is 3.13. The van der Waals surface area contributed by atoms with Gasteiger partial charge in [-0.1, -0.05) is 35.0 Å². The number of nitrogen functional groups attached to an aromatic ring is 1. The molecule has 0 fully saturated rings. The fourth-order valence-corrected chi connectivity index (χ4v) is 2.76. The van der Waals surface area contributed by atoms with Crippen LogP contribution in [0.4, 0.5) is 11.5 Å². The fourth-order valence-electron chi connectivity index (χ4n) is 1.37. The van der Waals surface area contributed by atoms with Crippen LogP contribution in [-0.2, 0) is 0 Å². The van der Waals surface area contributed by atoms with Crippen molar-refractivity contribution < 1.29 is 4.92 Å². The molecule has 104 valence electrons. The lowest BCUT2D eigenvalue weighted by Gasteiger charge is -2.06. The first-order valence-electron chi connectivity index (χ1n) is 5.12. The maximum atomic E-state index is 11.1. The predicted molar refractivity (Wildman–Crippen MR) is 77.1 cm³/mol. The summed E-state index contributed by atoms with van der Waals surface area (Å²) in [6.07, 6.45) is 1.17. The van der Waals surface area contributed by atoms with Gasteiger partial charge in [-0.15, -0.1) is 0 Å². The Morgan fingerprint density at radius 1 is 1.35 bits per heavy atom. The van der Waals surface area contributed by atoms with Gasteiger partial charge in [0.15, 0.2) is 5.03 Å². The number of anilines is 1. The van der Waals surface area contributed by atoms with Crippen molar-refractivity contribution in [2.45, 2.75) is 9.92 Å². The second-order valence-corrected chi connectivity index (χ2v) is 5.33. The van der Waals surface area contributed by atoms with Gasteiger partial charge in [-0.3, -0.25) is 10.1 Å². The molecule has 0 saturated heterocycles. The third-order valence-corrected chi connectivity index (χ3v) is 3.93. The summed E-state index contributed by atoms with van der Waals surface area (Å²) in [5.41, 5.74) is 1.84. The number of hydrogen-bond acceptors (Lipinski definition) is 7. The first kappa shape index (κ1) is 14.8. The van der Waals surface area contributed by atoms with Gasteiger partial charge in [0.1, 0.15) is 6.33 Å². The highest BCUT2D eigenvalue weighted by Crippen LogP contribution is 2.39. The van der Waals surface area contributed by atoms with Crippen molar-refractivity contribution in [1.29, 1.82) is 0 Å². The van der Waals surface area contributed by atoms with Gasteiger partial charge in [0.2, 0.25) is 5.82 Å². The van der Waals surface area contributed by atoms with Crippen molar-refractivity contribution in [2.24, 2.45) is 5.84 Å². The largest absolute Gasteiger partial charge is 0.344 e. The number of rotatable bonds is 4. The van der Waals surface area contributed by atoms with Crippen LogP contribution >= 0.6 is 35.0 Å². The zero-order valence-corrected chi connectivity index (χ0v) is 12.0. The standard InChI is InChI=1S/C10H7Cl2N5O2S/c11-5-1-2-6(12)7(3-5)20-10-8(17(18)19)9(16-13)14-4-15-10/h1-4H,13H2,(H,14,15,16). The van der Waals surface area contributed by atoms with Crippen molar-refractivity contribution in [1.82, 2.24) is 9.97 Å². The first-order valence-corrected chi connectivity index (χ1v) is 6.69. The molecule has 2 aromatic rings. The molecule has 3 N–H and O–H groups in total. The molecule has 0 bridgehead atoms. The van der Waals surface area contributed by atoms with Crippen LogP contribution in [0.3, 0.4) is 0 Å². The van der Waals surface area contributed by atoms with E-state index in [-0.39, 0.29) is 16.5 Å². The average Bonchev–Trinajstić information content (AvgIpc) is 2.42. The summed E-state index contributed by atoms with van der Waals surface area (Å²) in [6, 6.07) is 4.81. The highest BCUT2D eigenvalue weighted by atomic mass is 35.5. The van der Waals surface area contributed by atoms with Gasteiger partial charge in [-0.05, 0) is 18.2 Å². The van der Waals surface area contributed by atoms with Crippen LogP contribution in [0.5, 0.6) is 0 Å². The number of nitrogens with one attached hydrogen (secondary N) is 1. The van der Waals surface area contributed by atoms with Crippen molar-refractivity contribution >= 4 is 46.5 Å². The van der Waals surface area contributed by atoms with Crippen molar-refractivity contribution in [2.75, 3.05) is 5.43 Å². The topological polar surface area (TPSA) is 107 Å². The Hall–Kier alpha value is -1.61. The number of halogens is 2. The highest BCUT2D eigenvalue weighted by Gasteiger charge is 2.23. The van der Waals surface area contributed by atoms with Gasteiger partial charge < -0.3 is 5.43 Å².